The number of nitrogens with one attached hydrogen (secondary N) is 2. The lowest BCUT2D eigenvalue weighted by Gasteiger charge is -2.23. The van der Waals surface area contributed by atoms with Gasteiger partial charge in [-0.15, -0.1) is 0 Å². The Kier molecular flexibility index (Phi) is 4.61. The van der Waals surface area contributed by atoms with Crippen LogP contribution < -0.4 is 5.32 Å². The van der Waals surface area contributed by atoms with E-state index in [-0.39, 0.29) is 5.82 Å². The lowest BCUT2D eigenvalue weighted by atomic mass is 10.2. The van der Waals surface area contributed by atoms with Crippen molar-refractivity contribution < 1.29 is 17.6 Å². The van der Waals surface area contributed by atoms with Crippen molar-refractivity contribution in [3.05, 3.63) is 48.4 Å². The predicted molar refractivity (Wildman–Crippen MR) is 89.6 cm³/mol. The van der Waals surface area contributed by atoms with Gasteiger partial charge in [-0.2, -0.15) is 5.10 Å². The number of aromatic nitrogens is 2. The van der Waals surface area contributed by atoms with E-state index in [2.05, 4.69) is 22.1 Å². The van der Waals surface area contributed by atoms with E-state index in [1.54, 1.807) is 6.92 Å². The summed E-state index contributed by atoms with van der Waals surface area (Å²) >= 11 is 0. The normalized spacial score (nSPS) is 12.0. The Hall–Kier alpha value is -2.48. The first-order valence-corrected chi connectivity index (χ1v) is 8.57. The number of benzene rings is 1. The van der Waals surface area contributed by atoms with Crippen LogP contribution in [-0.4, -0.2) is 29.3 Å². The minimum absolute atomic E-state index is 0.162. The molecule has 2 N–H and O–H groups in total. The van der Waals surface area contributed by atoms with Gasteiger partial charge in [0.05, 0.1) is 5.69 Å². The number of carbonyl (C=O) groups is 1. The number of hydrogen-bond donors (Lipinski definition) is 2. The summed E-state index contributed by atoms with van der Waals surface area (Å²) in [6.07, 6.45) is 0. The molecule has 2 aromatic rings. The highest BCUT2D eigenvalue weighted by Crippen LogP contribution is 2.28. The van der Waals surface area contributed by atoms with Gasteiger partial charge in [0.2, 0.25) is 5.91 Å². The van der Waals surface area contributed by atoms with E-state index < -0.39 is 31.2 Å². The summed E-state index contributed by atoms with van der Waals surface area (Å²) in [6.45, 7) is 7.93. The highest BCUT2D eigenvalue weighted by Gasteiger charge is 2.44. The molecular formula is C16H18FN3O3S. The van der Waals surface area contributed by atoms with Crippen molar-refractivity contribution in [3.63, 3.8) is 0 Å². The molecular weight excluding hydrogens is 333 g/mol. The van der Waals surface area contributed by atoms with Crippen molar-refractivity contribution in [2.24, 2.45) is 0 Å². The minimum Gasteiger partial charge on any atom is -0.308 e. The van der Waals surface area contributed by atoms with Gasteiger partial charge in [0, 0.05) is 6.07 Å². The number of H-pyrrole nitrogens is 1. The molecule has 0 unspecified atom stereocenters. The predicted octanol–water partition coefficient (Wildman–Crippen LogP) is 2.77. The standard InChI is InChI=1S/C16H18FN3O3S/c1-10(2)12-9-14(20-19-12)18-15(21)16(3,4)24(22,23)13-8-6-5-7-11(13)17/h5-9H,1H2,2-4H3,(H2,18,19,20,21). The third-order valence-electron chi connectivity index (χ3n) is 3.62. The fraction of sp³-hybridized carbons (Fsp3) is 0.250. The van der Waals surface area contributed by atoms with Gasteiger partial charge in [-0.1, -0.05) is 18.7 Å². The van der Waals surface area contributed by atoms with Crippen molar-refractivity contribution in [2.45, 2.75) is 30.4 Å². The Morgan fingerprint density at radius 2 is 1.96 bits per heavy atom. The average Bonchev–Trinajstić information content (AvgIpc) is 2.96. The SMILES string of the molecule is C=C(C)c1cc(NC(=O)C(C)(C)S(=O)(=O)c2ccccc2F)n[nH]1. The zero-order valence-electron chi connectivity index (χ0n) is 13.6. The van der Waals surface area contributed by atoms with Crippen LogP contribution in [0.15, 0.2) is 41.8 Å². The van der Waals surface area contributed by atoms with Gasteiger partial charge in [0.15, 0.2) is 15.7 Å². The van der Waals surface area contributed by atoms with E-state index >= 15 is 0 Å². The number of carbonyl (C=O) groups excluding carboxylic acids is 1. The van der Waals surface area contributed by atoms with Gasteiger partial charge in [-0.05, 0) is 38.5 Å². The molecule has 8 heteroatoms. The number of nitrogens with zero attached hydrogens (tertiary/aromatic N) is 1. The van der Waals surface area contributed by atoms with Gasteiger partial charge in [-0.3, -0.25) is 9.89 Å². The molecule has 1 amide bonds. The summed E-state index contributed by atoms with van der Waals surface area (Å²) in [4.78, 5) is 11.9. The number of amides is 1. The van der Waals surface area contributed by atoms with E-state index in [0.717, 1.165) is 12.1 Å². The first-order chi connectivity index (χ1) is 11.1. The summed E-state index contributed by atoms with van der Waals surface area (Å²) in [5, 5.41) is 8.97. The van der Waals surface area contributed by atoms with Gasteiger partial charge in [-0.25, -0.2) is 12.8 Å². The smallest absolute Gasteiger partial charge is 0.246 e. The summed E-state index contributed by atoms with van der Waals surface area (Å²) in [5.74, 6) is -1.55. The number of sulfone groups is 1. The van der Waals surface area contributed by atoms with E-state index in [1.807, 2.05) is 0 Å². The maximum atomic E-state index is 13.9. The molecule has 1 aromatic carbocycles. The second kappa shape index (κ2) is 6.20. The summed E-state index contributed by atoms with van der Waals surface area (Å²) in [5.41, 5.74) is 1.32. The second-order valence-electron chi connectivity index (χ2n) is 5.85. The monoisotopic (exact) mass is 351 g/mol. The number of hydrogen-bond acceptors (Lipinski definition) is 4. The molecule has 1 aromatic heterocycles. The summed E-state index contributed by atoms with van der Waals surface area (Å²) < 4.78 is 37.3. The Morgan fingerprint density at radius 1 is 1.33 bits per heavy atom. The maximum absolute atomic E-state index is 13.9. The number of halogens is 1. The lowest BCUT2D eigenvalue weighted by Crippen LogP contribution is -2.44. The molecule has 0 fully saturated rings. The highest BCUT2D eigenvalue weighted by atomic mass is 32.2. The third-order valence-corrected chi connectivity index (χ3v) is 6.06. The third kappa shape index (κ3) is 3.09. The van der Waals surface area contributed by atoms with Crippen LogP contribution in [-0.2, 0) is 14.6 Å². The van der Waals surface area contributed by atoms with Crippen LogP contribution in [0, 0.1) is 5.82 Å². The lowest BCUT2D eigenvalue weighted by molar-refractivity contribution is -0.117. The molecule has 0 radical (unpaired) electrons. The molecule has 24 heavy (non-hydrogen) atoms. The molecule has 1 heterocycles. The first-order valence-electron chi connectivity index (χ1n) is 7.09. The van der Waals surface area contributed by atoms with Crippen molar-refractivity contribution in [2.75, 3.05) is 5.32 Å². The van der Waals surface area contributed by atoms with E-state index in [0.29, 0.717) is 11.3 Å². The Morgan fingerprint density at radius 3 is 2.50 bits per heavy atom. The largest absolute Gasteiger partial charge is 0.308 e. The first kappa shape index (κ1) is 17.9. The van der Waals surface area contributed by atoms with Gasteiger partial charge in [0.25, 0.3) is 0 Å². The number of allylic oxidation sites excluding steroid dienone is 1. The molecule has 0 bridgehead atoms. The minimum atomic E-state index is -4.24. The van der Waals surface area contributed by atoms with Crippen molar-refractivity contribution in [1.29, 1.82) is 0 Å². The zero-order chi connectivity index (χ0) is 18.1. The van der Waals surface area contributed by atoms with Crippen LogP contribution in [0.2, 0.25) is 0 Å². The summed E-state index contributed by atoms with van der Waals surface area (Å²) in [7, 11) is -4.24. The zero-order valence-corrected chi connectivity index (χ0v) is 14.4. The van der Waals surface area contributed by atoms with E-state index in [9.17, 15) is 17.6 Å². The molecule has 0 saturated carbocycles. The van der Waals surface area contributed by atoms with E-state index in [1.165, 1.54) is 32.0 Å². The number of anilines is 1. The van der Waals surface area contributed by atoms with Gasteiger partial charge >= 0.3 is 0 Å². The van der Waals surface area contributed by atoms with Crippen LogP contribution in [0.3, 0.4) is 0 Å². The quantitative estimate of drug-likeness (QED) is 0.866. The van der Waals surface area contributed by atoms with Crippen molar-refractivity contribution in [1.82, 2.24) is 10.2 Å². The fourth-order valence-electron chi connectivity index (χ4n) is 1.93. The molecule has 6 nitrogen and oxygen atoms in total. The van der Waals surface area contributed by atoms with Crippen LogP contribution >= 0.6 is 0 Å². The molecule has 2 rings (SSSR count). The van der Waals surface area contributed by atoms with Gasteiger partial charge in [0.1, 0.15) is 15.5 Å². The molecule has 0 saturated heterocycles. The Balaban J connectivity index is 2.32. The Labute approximate surface area is 139 Å². The maximum Gasteiger partial charge on any atom is 0.246 e. The van der Waals surface area contributed by atoms with Crippen LogP contribution in [0.1, 0.15) is 26.5 Å². The molecule has 0 aliphatic rings. The number of aromatic amines is 1. The molecule has 0 spiro atoms. The topological polar surface area (TPSA) is 91.9 Å². The highest BCUT2D eigenvalue weighted by molar-refractivity contribution is 7.93. The molecule has 0 atom stereocenters. The average molecular weight is 351 g/mol. The molecule has 128 valence electrons. The van der Waals surface area contributed by atoms with Crippen LogP contribution in [0.25, 0.3) is 5.57 Å². The van der Waals surface area contributed by atoms with Crippen molar-refractivity contribution >= 4 is 27.1 Å². The molecule has 0 aliphatic heterocycles. The van der Waals surface area contributed by atoms with Crippen molar-refractivity contribution in [3.8, 4) is 0 Å². The number of rotatable bonds is 5. The second-order valence-corrected chi connectivity index (χ2v) is 8.31. The fourth-order valence-corrected chi connectivity index (χ4v) is 3.36. The Bertz CT molecular complexity index is 901. The van der Waals surface area contributed by atoms with Gasteiger partial charge < -0.3 is 5.32 Å². The van der Waals surface area contributed by atoms with Crippen LogP contribution in [0.5, 0.6) is 0 Å². The molecule has 0 aliphatic carbocycles. The van der Waals surface area contributed by atoms with Crippen LogP contribution in [0.4, 0.5) is 10.2 Å². The summed E-state index contributed by atoms with van der Waals surface area (Å²) in [6, 6.07) is 6.48. The van der Waals surface area contributed by atoms with E-state index in [4.69, 9.17) is 0 Å².